The Morgan fingerprint density at radius 1 is 1.64 bits per heavy atom. The van der Waals surface area contributed by atoms with Crippen molar-refractivity contribution in [2.45, 2.75) is 25.8 Å². The Bertz CT molecular complexity index is 256. The number of halogens is 1. The van der Waals surface area contributed by atoms with Crippen LogP contribution in [0.4, 0.5) is 0 Å². The maximum atomic E-state index is 5.78. The summed E-state index contributed by atoms with van der Waals surface area (Å²) < 4.78 is 1.91. The SMILES string of the molecule is CCC(CCl)NCCc1ccnn1C. The summed E-state index contributed by atoms with van der Waals surface area (Å²) in [4.78, 5) is 0. The molecule has 0 saturated carbocycles. The second-order valence-electron chi connectivity index (χ2n) is 3.41. The molecule has 0 spiro atoms. The molecule has 0 saturated heterocycles. The lowest BCUT2D eigenvalue weighted by molar-refractivity contribution is 0.534. The molecule has 1 heterocycles. The van der Waals surface area contributed by atoms with E-state index in [9.17, 15) is 0 Å². The molecule has 1 atom stereocenters. The van der Waals surface area contributed by atoms with Gasteiger partial charge in [-0.3, -0.25) is 4.68 Å². The Balaban J connectivity index is 2.24. The standard InChI is InChI=1S/C10H18ClN3/c1-3-9(8-11)12-6-4-10-5-7-13-14(10)2/h5,7,9,12H,3-4,6,8H2,1-2H3. The van der Waals surface area contributed by atoms with Crippen LogP contribution in [0.3, 0.4) is 0 Å². The zero-order valence-corrected chi connectivity index (χ0v) is 9.59. The van der Waals surface area contributed by atoms with Gasteiger partial charge in [0, 0.05) is 43.8 Å². The summed E-state index contributed by atoms with van der Waals surface area (Å²) in [5.74, 6) is 0.682. The van der Waals surface area contributed by atoms with E-state index in [1.807, 2.05) is 24.0 Å². The predicted molar refractivity (Wildman–Crippen MR) is 59.7 cm³/mol. The van der Waals surface area contributed by atoms with E-state index in [2.05, 4.69) is 17.3 Å². The van der Waals surface area contributed by atoms with Gasteiger partial charge < -0.3 is 5.32 Å². The van der Waals surface area contributed by atoms with Gasteiger partial charge in [0.15, 0.2) is 0 Å². The number of hydrogen-bond acceptors (Lipinski definition) is 2. The van der Waals surface area contributed by atoms with Crippen LogP contribution in [0.5, 0.6) is 0 Å². The minimum Gasteiger partial charge on any atom is -0.312 e. The molecule has 0 aliphatic rings. The topological polar surface area (TPSA) is 29.9 Å². The molecule has 14 heavy (non-hydrogen) atoms. The lowest BCUT2D eigenvalue weighted by atomic mass is 10.2. The molecule has 4 heteroatoms. The van der Waals surface area contributed by atoms with Crippen molar-refractivity contribution >= 4 is 11.6 Å². The van der Waals surface area contributed by atoms with Crippen molar-refractivity contribution < 1.29 is 0 Å². The van der Waals surface area contributed by atoms with Crippen LogP contribution >= 0.6 is 11.6 Å². The van der Waals surface area contributed by atoms with Gasteiger partial charge >= 0.3 is 0 Å². The van der Waals surface area contributed by atoms with E-state index in [1.165, 1.54) is 5.69 Å². The summed E-state index contributed by atoms with van der Waals surface area (Å²) >= 11 is 5.78. The fourth-order valence-corrected chi connectivity index (χ4v) is 1.69. The van der Waals surface area contributed by atoms with Crippen LogP contribution in [-0.4, -0.2) is 28.2 Å². The summed E-state index contributed by atoms with van der Waals surface area (Å²) in [5, 5.41) is 7.53. The van der Waals surface area contributed by atoms with Crippen molar-refractivity contribution in [1.29, 1.82) is 0 Å². The molecule has 0 aliphatic heterocycles. The van der Waals surface area contributed by atoms with Gasteiger partial charge in [-0.25, -0.2) is 0 Å². The molecule has 0 radical (unpaired) electrons. The van der Waals surface area contributed by atoms with E-state index in [-0.39, 0.29) is 0 Å². The van der Waals surface area contributed by atoms with Crippen LogP contribution in [0.1, 0.15) is 19.0 Å². The second kappa shape index (κ2) is 6.04. The number of nitrogens with one attached hydrogen (secondary N) is 1. The smallest absolute Gasteiger partial charge is 0.0492 e. The Morgan fingerprint density at radius 3 is 2.93 bits per heavy atom. The predicted octanol–water partition coefficient (Wildman–Crippen LogP) is 1.57. The van der Waals surface area contributed by atoms with E-state index in [0.29, 0.717) is 11.9 Å². The molecular formula is C10H18ClN3. The monoisotopic (exact) mass is 215 g/mol. The van der Waals surface area contributed by atoms with Crippen molar-refractivity contribution in [1.82, 2.24) is 15.1 Å². The second-order valence-corrected chi connectivity index (χ2v) is 3.72. The minimum atomic E-state index is 0.435. The lowest BCUT2D eigenvalue weighted by Crippen LogP contribution is -2.31. The van der Waals surface area contributed by atoms with E-state index in [0.717, 1.165) is 19.4 Å². The fourth-order valence-electron chi connectivity index (χ4n) is 1.36. The number of alkyl halides is 1. The van der Waals surface area contributed by atoms with Crippen LogP contribution < -0.4 is 5.32 Å². The molecule has 1 unspecified atom stereocenters. The zero-order valence-electron chi connectivity index (χ0n) is 8.83. The summed E-state index contributed by atoms with van der Waals surface area (Å²) in [6, 6.07) is 2.48. The zero-order chi connectivity index (χ0) is 10.4. The summed E-state index contributed by atoms with van der Waals surface area (Å²) in [6.45, 7) is 3.11. The van der Waals surface area contributed by atoms with Crippen LogP contribution in [-0.2, 0) is 13.5 Å². The number of aromatic nitrogens is 2. The Labute approximate surface area is 90.4 Å². The molecule has 0 fully saturated rings. The normalized spacial score (nSPS) is 13.1. The van der Waals surface area contributed by atoms with Gasteiger partial charge in [0.25, 0.3) is 0 Å². The third kappa shape index (κ3) is 3.31. The van der Waals surface area contributed by atoms with Gasteiger partial charge in [-0.1, -0.05) is 6.92 Å². The van der Waals surface area contributed by atoms with Crippen LogP contribution in [0.2, 0.25) is 0 Å². The molecule has 3 nitrogen and oxygen atoms in total. The Kier molecular flexibility index (Phi) is 4.98. The van der Waals surface area contributed by atoms with Crippen LogP contribution in [0.25, 0.3) is 0 Å². The lowest BCUT2D eigenvalue weighted by Gasteiger charge is -2.13. The van der Waals surface area contributed by atoms with E-state index in [1.54, 1.807) is 0 Å². The molecule has 0 aromatic carbocycles. The number of hydrogen-bond donors (Lipinski definition) is 1. The maximum Gasteiger partial charge on any atom is 0.0492 e. The molecule has 0 bridgehead atoms. The first kappa shape index (κ1) is 11.5. The van der Waals surface area contributed by atoms with Crippen molar-refractivity contribution in [3.8, 4) is 0 Å². The number of nitrogens with zero attached hydrogens (tertiary/aromatic N) is 2. The van der Waals surface area contributed by atoms with Gasteiger partial charge in [0.2, 0.25) is 0 Å². The van der Waals surface area contributed by atoms with Crippen molar-refractivity contribution in [3.05, 3.63) is 18.0 Å². The molecule has 1 N–H and O–H groups in total. The van der Waals surface area contributed by atoms with Crippen LogP contribution in [0, 0.1) is 0 Å². The maximum absolute atomic E-state index is 5.78. The first-order valence-electron chi connectivity index (χ1n) is 5.04. The molecule has 0 aliphatic carbocycles. The first-order valence-corrected chi connectivity index (χ1v) is 5.57. The summed E-state index contributed by atoms with van der Waals surface area (Å²) in [7, 11) is 1.97. The third-order valence-electron chi connectivity index (χ3n) is 2.42. The highest BCUT2D eigenvalue weighted by atomic mass is 35.5. The van der Waals surface area contributed by atoms with Gasteiger partial charge in [-0.2, -0.15) is 5.10 Å². The van der Waals surface area contributed by atoms with Crippen molar-refractivity contribution in [3.63, 3.8) is 0 Å². The highest BCUT2D eigenvalue weighted by Gasteiger charge is 2.03. The van der Waals surface area contributed by atoms with E-state index in [4.69, 9.17) is 11.6 Å². The number of aryl methyl sites for hydroxylation is 1. The molecular weight excluding hydrogens is 198 g/mol. The summed E-state index contributed by atoms with van der Waals surface area (Å²) in [5.41, 5.74) is 1.25. The van der Waals surface area contributed by atoms with E-state index < -0.39 is 0 Å². The van der Waals surface area contributed by atoms with Gasteiger partial charge in [0.1, 0.15) is 0 Å². The molecule has 0 amide bonds. The van der Waals surface area contributed by atoms with Crippen molar-refractivity contribution in [2.75, 3.05) is 12.4 Å². The fraction of sp³-hybridized carbons (Fsp3) is 0.700. The molecule has 1 aromatic rings. The average molecular weight is 216 g/mol. The number of rotatable bonds is 6. The van der Waals surface area contributed by atoms with Crippen molar-refractivity contribution in [2.24, 2.45) is 7.05 Å². The first-order chi connectivity index (χ1) is 6.77. The molecule has 1 rings (SSSR count). The third-order valence-corrected chi connectivity index (χ3v) is 2.79. The minimum absolute atomic E-state index is 0.435. The Hall–Kier alpha value is -0.540. The average Bonchev–Trinajstić information content (AvgIpc) is 2.59. The largest absolute Gasteiger partial charge is 0.312 e. The van der Waals surface area contributed by atoms with Gasteiger partial charge in [0.05, 0.1) is 0 Å². The highest BCUT2D eigenvalue weighted by molar-refractivity contribution is 6.18. The molecule has 1 aromatic heterocycles. The quantitative estimate of drug-likeness (QED) is 0.731. The highest BCUT2D eigenvalue weighted by Crippen LogP contribution is 1.98. The molecule has 80 valence electrons. The van der Waals surface area contributed by atoms with Gasteiger partial charge in [-0.05, 0) is 12.5 Å². The summed E-state index contributed by atoms with van der Waals surface area (Å²) in [6.07, 6.45) is 3.91. The van der Waals surface area contributed by atoms with Gasteiger partial charge in [-0.15, -0.1) is 11.6 Å². The Morgan fingerprint density at radius 2 is 2.43 bits per heavy atom. The van der Waals surface area contributed by atoms with E-state index >= 15 is 0 Å². The van der Waals surface area contributed by atoms with Crippen LogP contribution in [0.15, 0.2) is 12.3 Å².